The average molecular weight is 183 g/mol. The lowest BCUT2D eigenvalue weighted by Gasteiger charge is -2.11. The Morgan fingerprint density at radius 2 is 2.23 bits per heavy atom. The second-order valence-corrected chi connectivity index (χ2v) is 2.68. The number of benzene rings is 1. The van der Waals surface area contributed by atoms with Crippen molar-refractivity contribution in [3.05, 3.63) is 23.8 Å². The van der Waals surface area contributed by atoms with Crippen LogP contribution >= 0.6 is 0 Å². The standard InChI is InChI=1S/C9H13NO3/c1-13-6-2-3-8(11)7(4-6)9(12)5-10/h2-4,9,11-12H,5,10H2,1H3/t9-/m1/s1. The number of rotatable bonds is 3. The Balaban J connectivity index is 3.03. The number of ether oxygens (including phenoxy) is 1. The van der Waals surface area contributed by atoms with Crippen LogP contribution in [-0.4, -0.2) is 23.9 Å². The molecule has 4 nitrogen and oxygen atoms in total. The lowest BCUT2D eigenvalue weighted by atomic mass is 10.1. The van der Waals surface area contributed by atoms with Gasteiger partial charge >= 0.3 is 0 Å². The van der Waals surface area contributed by atoms with Crippen molar-refractivity contribution in [2.45, 2.75) is 6.10 Å². The summed E-state index contributed by atoms with van der Waals surface area (Å²) in [5.74, 6) is 0.610. The summed E-state index contributed by atoms with van der Waals surface area (Å²) in [4.78, 5) is 0. The molecule has 0 aliphatic rings. The number of aromatic hydroxyl groups is 1. The minimum atomic E-state index is -0.852. The van der Waals surface area contributed by atoms with Gasteiger partial charge < -0.3 is 20.7 Å². The molecule has 0 unspecified atom stereocenters. The Labute approximate surface area is 76.6 Å². The molecule has 0 fully saturated rings. The molecule has 0 radical (unpaired) electrons. The summed E-state index contributed by atoms with van der Waals surface area (Å²) >= 11 is 0. The van der Waals surface area contributed by atoms with Crippen molar-refractivity contribution in [1.29, 1.82) is 0 Å². The van der Waals surface area contributed by atoms with Crippen molar-refractivity contribution in [1.82, 2.24) is 0 Å². The van der Waals surface area contributed by atoms with Gasteiger partial charge in [-0.05, 0) is 18.2 Å². The summed E-state index contributed by atoms with van der Waals surface area (Å²) in [6.07, 6.45) is -0.852. The van der Waals surface area contributed by atoms with E-state index in [4.69, 9.17) is 10.5 Å². The number of phenolic OH excluding ortho intramolecular Hbond substituents is 1. The van der Waals surface area contributed by atoms with Crippen molar-refractivity contribution in [2.75, 3.05) is 13.7 Å². The first kappa shape index (κ1) is 9.83. The molecule has 13 heavy (non-hydrogen) atoms. The topological polar surface area (TPSA) is 75.7 Å². The Morgan fingerprint density at radius 1 is 1.54 bits per heavy atom. The smallest absolute Gasteiger partial charge is 0.121 e. The number of nitrogens with two attached hydrogens (primary N) is 1. The van der Waals surface area contributed by atoms with Gasteiger partial charge in [0.25, 0.3) is 0 Å². The van der Waals surface area contributed by atoms with Gasteiger partial charge in [0.05, 0.1) is 13.2 Å². The Hall–Kier alpha value is -1.26. The van der Waals surface area contributed by atoms with E-state index in [1.54, 1.807) is 12.1 Å². The largest absolute Gasteiger partial charge is 0.508 e. The predicted molar refractivity (Wildman–Crippen MR) is 48.7 cm³/mol. The molecule has 0 aliphatic carbocycles. The van der Waals surface area contributed by atoms with E-state index in [-0.39, 0.29) is 12.3 Å². The minimum Gasteiger partial charge on any atom is -0.508 e. The highest BCUT2D eigenvalue weighted by molar-refractivity contribution is 5.40. The highest BCUT2D eigenvalue weighted by Gasteiger charge is 2.11. The van der Waals surface area contributed by atoms with Gasteiger partial charge in [0.15, 0.2) is 0 Å². The Bertz CT molecular complexity index is 288. The third-order valence-corrected chi connectivity index (χ3v) is 1.82. The molecule has 0 aromatic heterocycles. The second kappa shape index (κ2) is 4.11. The number of phenols is 1. The van der Waals surface area contributed by atoms with Crippen LogP contribution in [0.4, 0.5) is 0 Å². The summed E-state index contributed by atoms with van der Waals surface area (Å²) < 4.78 is 4.94. The van der Waals surface area contributed by atoms with Crippen molar-refractivity contribution >= 4 is 0 Å². The highest BCUT2D eigenvalue weighted by Crippen LogP contribution is 2.27. The zero-order valence-corrected chi connectivity index (χ0v) is 7.40. The summed E-state index contributed by atoms with van der Waals surface area (Å²) in [7, 11) is 1.52. The predicted octanol–water partition coefficient (Wildman–Crippen LogP) is 0.393. The van der Waals surface area contributed by atoms with Crippen LogP contribution < -0.4 is 10.5 Å². The molecule has 1 aromatic carbocycles. The van der Waals surface area contributed by atoms with Gasteiger partial charge in [0, 0.05) is 12.1 Å². The first-order chi connectivity index (χ1) is 6.19. The maximum Gasteiger partial charge on any atom is 0.121 e. The lowest BCUT2D eigenvalue weighted by Crippen LogP contribution is -2.11. The molecule has 0 spiro atoms. The number of methoxy groups -OCH3 is 1. The monoisotopic (exact) mass is 183 g/mol. The van der Waals surface area contributed by atoms with E-state index in [2.05, 4.69) is 0 Å². The minimum absolute atomic E-state index is 0.0266. The fraction of sp³-hybridized carbons (Fsp3) is 0.333. The zero-order chi connectivity index (χ0) is 9.84. The molecule has 1 aromatic rings. The van der Waals surface area contributed by atoms with E-state index >= 15 is 0 Å². The van der Waals surface area contributed by atoms with Gasteiger partial charge in [0.1, 0.15) is 11.5 Å². The molecule has 1 rings (SSSR count). The van der Waals surface area contributed by atoms with Crippen LogP contribution in [0.5, 0.6) is 11.5 Å². The summed E-state index contributed by atoms with van der Waals surface area (Å²) in [6, 6.07) is 4.64. The van der Waals surface area contributed by atoms with E-state index in [1.165, 1.54) is 13.2 Å². The van der Waals surface area contributed by atoms with E-state index < -0.39 is 6.10 Å². The number of hydrogen-bond acceptors (Lipinski definition) is 4. The van der Waals surface area contributed by atoms with Crippen LogP contribution in [-0.2, 0) is 0 Å². The second-order valence-electron chi connectivity index (χ2n) is 2.68. The molecule has 0 heterocycles. The first-order valence-electron chi connectivity index (χ1n) is 3.94. The Kier molecular flexibility index (Phi) is 3.11. The van der Waals surface area contributed by atoms with Crippen molar-refractivity contribution in [3.8, 4) is 11.5 Å². The van der Waals surface area contributed by atoms with Gasteiger partial charge in [-0.2, -0.15) is 0 Å². The number of aliphatic hydroxyl groups is 1. The molecule has 0 saturated carbocycles. The SMILES string of the molecule is COc1ccc(O)c([C@H](O)CN)c1. The zero-order valence-electron chi connectivity index (χ0n) is 7.40. The molecule has 0 bridgehead atoms. The number of hydrogen-bond donors (Lipinski definition) is 3. The molecule has 0 amide bonds. The molecule has 4 N–H and O–H groups in total. The van der Waals surface area contributed by atoms with Gasteiger partial charge in [-0.25, -0.2) is 0 Å². The van der Waals surface area contributed by atoms with Crippen LogP contribution in [0.15, 0.2) is 18.2 Å². The maximum absolute atomic E-state index is 9.39. The van der Waals surface area contributed by atoms with Crippen LogP contribution in [0.2, 0.25) is 0 Å². The molecule has 72 valence electrons. The summed E-state index contributed by atoms with van der Waals surface area (Å²) in [5, 5.41) is 18.8. The quantitative estimate of drug-likeness (QED) is 0.633. The third-order valence-electron chi connectivity index (χ3n) is 1.82. The summed E-state index contributed by atoms with van der Waals surface area (Å²) in [6.45, 7) is 0.0702. The van der Waals surface area contributed by atoms with E-state index in [9.17, 15) is 10.2 Å². The summed E-state index contributed by atoms with van der Waals surface area (Å²) in [5.41, 5.74) is 5.65. The van der Waals surface area contributed by atoms with Crippen molar-refractivity contribution < 1.29 is 14.9 Å². The van der Waals surface area contributed by atoms with Gasteiger partial charge in [-0.1, -0.05) is 0 Å². The van der Waals surface area contributed by atoms with Gasteiger partial charge in [-0.3, -0.25) is 0 Å². The fourth-order valence-corrected chi connectivity index (χ4v) is 1.05. The van der Waals surface area contributed by atoms with Gasteiger partial charge in [-0.15, -0.1) is 0 Å². The maximum atomic E-state index is 9.39. The lowest BCUT2D eigenvalue weighted by molar-refractivity contribution is 0.182. The van der Waals surface area contributed by atoms with E-state index in [1.807, 2.05) is 0 Å². The van der Waals surface area contributed by atoms with Crippen LogP contribution in [0.3, 0.4) is 0 Å². The van der Waals surface area contributed by atoms with E-state index in [0.29, 0.717) is 11.3 Å². The average Bonchev–Trinajstić information content (AvgIpc) is 2.17. The van der Waals surface area contributed by atoms with Gasteiger partial charge in [0.2, 0.25) is 0 Å². The van der Waals surface area contributed by atoms with E-state index in [0.717, 1.165) is 0 Å². The van der Waals surface area contributed by atoms with Crippen molar-refractivity contribution in [2.24, 2.45) is 5.73 Å². The third kappa shape index (κ3) is 2.11. The highest BCUT2D eigenvalue weighted by atomic mass is 16.5. The normalized spacial score (nSPS) is 12.5. The molecule has 1 atom stereocenters. The number of aliphatic hydroxyl groups excluding tert-OH is 1. The molecular formula is C9H13NO3. The first-order valence-corrected chi connectivity index (χ1v) is 3.94. The molecule has 4 heteroatoms. The molecular weight excluding hydrogens is 170 g/mol. The van der Waals surface area contributed by atoms with Crippen LogP contribution in [0.1, 0.15) is 11.7 Å². The fourth-order valence-electron chi connectivity index (χ4n) is 1.05. The van der Waals surface area contributed by atoms with Crippen LogP contribution in [0.25, 0.3) is 0 Å². The molecule has 0 saturated heterocycles. The molecule has 0 aliphatic heterocycles. The van der Waals surface area contributed by atoms with Crippen molar-refractivity contribution in [3.63, 3.8) is 0 Å². The Morgan fingerprint density at radius 3 is 2.77 bits per heavy atom. The van der Waals surface area contributed by atoms with Crippen LogP contribution in [0, 0.1) is 0 Å².